The minimum atomic E-state index is -0.247. The van der Waals surface area contributed by atoms with Crippen molar-refractivity contribution in [2.45, 2.75) is 232 Å². The zero-order valence-electron chi connectivity index (χ0n) is 27.8. The van der Waals surface area contributed by atoms with E-state index in [1.54, 1.807) is 31.0 Å². The average Bonchev–Trinajstić information content (AvgIpc) is 2.94. The fraction of sp³-hybridized carbons (Fsp3) is 1.00. The van der Waals surface area contributed by atoms with Crippen molar-refractivity contribution in [2.24, 2.45) is 0 Å². The molecule has 0 aromatic carbocycles. The van der Waals surface area contributed by atoms with E-state index in [9.17, 15) is 0 Å². The highest BCUT2D eigenvalue weighted by atomic mass is 29.6. The van der Waals surface area contributed by atoms with Gasteiger partial charge >= 0.3 is 0 Å². The second-order valence-corrected chi connectivity index (χ2v) is 23.8. The molecule has 0 aromatic heterocycles. The molecule has 231 valence electrons. The molecule has 0 heterocycles. The third-order valence-electron chi connectivity index (χ3n) is 8.87. The number of hydrogen-bond acceptors (Lipinski definition) is 0. The molecule has 5 radical (unpaired) electrons. The molecule has 0 amide bonds. The standard InChI is InChI=1S/C36H75Si3/c1-4-7-10-13-16-19-22-25-28-31-34-38(35-32-29-26-23-20-17-14-11-8-5-2)39(37)36-33-30-27-24-21-18-15-12-9-6-3/h4-36H2,1-3H3. The minimum Gasteiger partial charge on any atom is -0.0654 e. The van der Waals surface area contributed by atoms with Gasteiger partial charge in [-0.1, -0.05) is 232 Å². The van der Waals surface area contributed by atoms with E-state index in [2.05, 4.69) is 30.5 Å². The van der Waals surface area contributed by atoms with Crippen molar-refractivity contribution in [1.29, 1.82) is 0 Å². The summed E-state index contributed by atoms with van der Waals surface area (Å²) >= 11 is 0. The first-order chi connectivity index (χ1) is 19.3. The molecule has 39 heavy (non-hydrogen) atoms. The average molecular weight is 592 g/mol. The van der Waals surface area contributed by atoms with E-state index in [0.717, 1.165) is 0 Å². The monoisotopic (exact) mass is 592 g/mol. The van der Waals surface area contributed by atoms with E-state index in [4.69, 9.17) is 0 Å². The molecule has 0 N–H and O–H groups in total. The largest absolute Gasteiger partial charge is 0.0654 e. The van der Waals surface area contributed by atoms with Crippen molar-refractivity contribution >= 4 is 25.9 Å². The lowest BCUT2D eigenvalue weighted by Crippen LogP contribution is -2.36. The molecule has 0 nitrogen and oxygen atoms in total. The summed E-state index contributed by atoms with van der Waals surface area (Å²) in [4.78, 5) is 0. The first-order valence-corrected chi connectivity index (χ1v) is 24.8. The Morgan fingerprint density at radius 1 is 0.282 bits per heavy atom. The van der Waals surface area contributed by atoms with Crippen LogP contribution in [0.5, 0.6) is 0 Å². The summed E-state index contributed by atoms with van der Waals surface area (Å²) in [6.45, 7) is 6.96. The number of hydrogen-bond donors (Lipinski definition) is 0. The van der Waals surface area contributed by atoms with Crippen LogP contribution >= 0.6 is 0 Å². The van der Waals surface area contributed by atoms with Gasteiger partial charge in [0.2, 0.25) is 0 Å². The predicted octanol–water partition coefficient (Wildman–Crippen LogP) is 13.5. The Kier molecular flexibility index (Phi) is 35.4. The second kappa shape index (κ2) is 34.8. The highest BCUT2D eigenvalue weighted by molar-refractivity contribution is 7.41. The van der Waals surface area contributed by atoms with E-state index < -0.39 is 0 Å². The van der Waals surface area contributed by atoms with Crippen LogP contribution in [0.4, 0.5) is 0 Å². The summed E-state index contributed by atoms with van der Waals surface area (Å²) < 4.78 is 0. The first kappa shape index (κ1) is 39.7. The summed E-state index contributed by atoms with van der Waals surface area (Å²) in [7, 11) is 4.04. The maximum Gasteiger partial charge on any atom is 0.0339 e. The van der Waals surface area contributed by atoms with E-state index in [-0.39, 0.29) is 16.1 Å². The third-order valence-corrected chi connectivity index (χ3v) is 21.2. The van der Waals surface area contributed by atoms with Gasteiger partial charge in [0.15, 0.2) is 0 Å². The smallest absolute Gasteiger partial charge is 0.0339 e. The maximum atomic E-state index is 4.42. The van der Waals surface area contributed by atoms with Crippen LogP contribution in [0.3, 0.4) is 0 Å². The van der Waals surface area contributed by atoms with Gasteiger partial charge in [0.1, 0.15) is 0 Å². The summed E-state index contributed by atoms with van der Waals surface area (Å²) in [5, 5.41) is 0. The predicted molar refractivity (Wildman–Crippen MR) is 187 cm³/mol. The maximum absolute atomic E-state index is 4.42. The molecule has 0 spiro atoms. The molecule has 0 aliphatic rings. The molecule has 0 bridgehead atoms. The molecule has 0 atom stereocenters. The summed E-state index contributed by atoms with van der Waals surface area (Å²) in [6, 6.07) is 4.80. The number of rotatable bonds is 34. The quantitative estimate of drug-likeness (QED) is 0.0515. The van der Waals surface area contributed by atoms with Crippen LogP contribution in [-0.2, 0) is 0 Å². The van der Waals surface area contributed by atoms with Crippen molar-refractivity contribution in [3.63, 3.8) is 0 Å². The van der Waals surface area contributed by atoms with Gasteiger partial charge in [-0.15, -0.1) is 0 Å². The van der Waals surface area contributed by atoms with Gasteiger partial charge in [-0.25, -0.2) is 0 Å². The Labute approximate surface area is 256 Å². The van der Waals surface area contributed by atoms with Gasteiger partial charge in [-0.05, 0) is 0 Å². The van der Waals surface area contributed by atoms with Crippen molar-refractivity contribution in [1.82, 2.24) is 0 Å². The Hall–Kier alpha value is 0.651. The SMILES string of the molecule is CCCCCCCCCCCC[Si]([Si])[Si](CCCCCCCCCCCC)CCCCCCCCCCCC. The Balaban J connectivity index is 4.04. The molecule has 0 aromatic rings. The van der Waals surface area contributed by atoms with Crippen LogP contribution in [0, 0.1) is 0 Å². The van der Waals surface area contributed by atoms with Crippen molar-refractivity contribution in [3.8, 4) is 0 Å². The van der Waals surface area contributed by atoms with Gasteiger partial charge in [-0.2, -0.15) is 0 Å². The summed E-state index contributed by atoms with van der Waals surface area (Å²) in [5.74, 6) is 0. The fourth-order valence-corrected chi connectivity index (χ4v) is 16.5. The Morgan fingerprint density at radius 3 is 0.744 bits per heavy atom. The molecule has 0 unspecified atom stereocenters. The van der Waals surface area contributed by atoms with Crippen molar-refractivity contribution in [3.05, 3.63) is 0 Å². The zero-order chi connectivity index (χ0) is 28.5. The lowest BCUT2D eigenvalue weighted by atomic mass is 10.1. The van der Waals surface area contributed by atoms with E-state index in [0.29, 0.717) is 0 Å². The minimum absolute atomic E-state index is 0.131. The molecular weight excluding hydrogens is 517 g/mol. The van der Waals surface area contributed by atoms with Gasteiger partial charge in [-0.3, -0.25) is 0 Å². The van der Waals surface area contributed by atoms with Crippen molar-refractivity contribution in [2.75, 3.05) is 0 Å². The molecule has 3 heteroatoms. The van der Waals surface area contributed by atoms with Crippen molar-refractivity contribution < 1.29 is 0 Å². The molecule has 0 saturated carbocycles. The van der Waals surface area contributed by atoms with Crippen LogP contribution in [0.2, 0.25) is 18.1 Å². The van der Waals surface area contributed by atoms with E-state index >= 15 is 0 Å². The van der Waals surface area contributed by atoms with E-state index in [1.165, 1.54) is 180 Å². The molecule has 0 rings (SSSR count). The highest BCUT2D eigenvalue weighted by Gasteiger charge is 2.19. The van der Waals surface area contributed by atoms with Crippen LogP contribution in [0.1, 0.15) is 213 Å². The molecule has 0 saturated heterocycles. The van der Waals surface area contributed by atoms with Crippen LogP contribution < -0.4 is 0 Å². The lowest BCUT2D eigenvalue weighted by Gasteiger charge is -2.21. The fourth-order valence-electron chi connectivity index (χ4n) is 6.04. The number of unbranched alkanes of at least 4 members (excludes halogenated alkanes) is 27. The van der Waals surface area contributed by atoms with Crippen LogP contribution in [0.25, 0.3) is 0 Å². The van der Waals surface area contributed by atoms with Gasteiger partial charge < -0.3 is 0 Å². The topological polar surface area (TPSA) is 0 Å². The highest BCUT2D eigenvalue weighted by Crippen LogP contribution is 2.20. The van der Waals surface area contributed by atoms with Gasteiger partial charge in [0.05, 0.1) is 0 Å². The summed E-state index contributed by atoms with van der Waals surface area (Å²) in [6.07, 6.45) is 44.3. The molecule has 0 aliphatic carbocycles. The molecule has 0 fully saturated rings. The zero-order valence-corrected chi connectivity index (χ0v) is 30.8. The first-order valence-electron chi connectivity index (χ1n) is 18.7. The second-order valence-electron chi connectivity index (χ2n) is 12.9. The van der Waals surface area contributed by atoms with E-state index in [1.807, 2.05) is 0 Å². The Bertz CT molecular complexity index is 404. The third kappa shape index (κ3) is 31.4. The molecular formula is C36H75Si3. The Morgan fingerprint density at radius 2 is 0.487 bits per heavy atom. The normalized spacial score (nSPS) is 11.8. The van der Waals surface area contributed by atoms with Crippen LogP contribution in [0.15, 0.2) is 0 Å². The van der Waals surface area contributed by atoms with Crippen LogP contribution in [-0.4, -0.2) is 25.9 Å². The van der Waals surface area contributed by atoms with Gasteiger partial charge in [0, 0.05) is 25.9 Å². The lowest BCUT2D eigenvalue weighted by molar-refractivity contribution is 0.560. The van der Waals surface area contributed by atoms with Gasteiger partial charge in [0.25, 0.3) is 0 Å². The summed E-state index contributed by atoms with van der Waals surface area (Å²) in [5.41, 5.74) is 0. The molecule has 0 aliphatic heterocycles.